The van der Waals surface area contributed by atoms with E-state index in [1.165, 1.54) is 9.58 Å². The summed E-state index contributed by atoms with van der Waals surface area (Å²) < 4.78 is 6.29. The Labute approximate surface area is 124 Å². The summed E-state index contributed by atoms with van der Waals surface area (Å²) in [7, 11) is 4.77. The first-order valence-corrected chi connectivity index (χ1v) is 6.74. The molecule has 0 aliphatic heterocycles. The summed E-state index contributed by atoms with van der Waals surface area (Å²) >= 11 is 0. The minimum atomic E-state index is -0.330. The van der Waals surface area contributed by atoms with Crippen LogP contribution in [0.2, 0.25) is 0 Å². The van der Waals surface area contributed by atoms with Crippen molar-refractivity contribution < 1.29 is 14.3 Å². The van der Waals surface area contributed by atoms with Gasteiger partial charge >= 0.3 is 0 Å². The number of rotatable bonds is 7. The molecule has 0 aromatic carbocycles. The number of amides is 2. The largest absolute Gasteiger partial charge is 0.395 e. The number of carbonyl (C=O) groups excluding carboxylic acids is 2. The molecule has 0 aliphatic carbocycles. The van der Waals surface area contributed by atoms with Crippen LogP contribution in [0, 0.1) is 0 Å². The van der Waals surface area contributed by atoms with Crippen molar-refractivity contribution in [2.24, 2.45) is 7.05 Å². The molecular weight excluding hydrogens is 274 g/mol. The van der Waals surface area contributed by atoms with Crippen LogP contribution in [0.1, 0.15) is 23.1 Å². The number of nitrogen functional groups attached to an aromatic ring is 1. The second-order valence-corrected chi connectivity index (χ2v) is 4.69. The third kappa shape index (κ3) is 4.19. The third-order valence-electron chi connectivity index (χ3n) is 3.05. The highest BCUT2D eigenvalue weighted by molar-refractivity contribution is 5.99. The number of nitrogens with two attached hydrogens (primary N) is 1. The van der Waals surface area contributed by atoms with Crippen molar-refractivity contribution in [1.82, 2.24) is 20.0 Å². The van der Waals surface area contributed by atoms with E-state index in [1.54, 1.807) is 21.2 Å². The van der Waals surface area contributed by atoms with Crippen molar-refractivity contribution in [2.75, 3.05) is 39.6 Å². The maximum atomic E-state index is 12.4. The molecule has 8 nitrogen and oxygen atoms in total. The van der Waals surface area contributed by atoms with Crippen molar-refractivity contribution in [2.45, 2.75) is 13.3 Å². The van der Waals surface area contributed by atoms with Gasteiger partial charge in [-0.05, 0) is 6.42 Å². The van der Waals surface area contributed by atoms with E-state index in [1.807, 2.05) is 6.92 Å². The highest BCUT2D eigenvalue weighted by atomic mass is 16.5. The molecule has 21 heavy (non-hydrogen) atoms. The maximum Gasteiger partial charge on any atom is 0.274 e. The summed E-state index contributed by atoms with van der Waals surface area (Å²) in [6.45, 7) is 2.71. The number of likely N-dealkylation sites (N-methyl/N-ethyl adjacent to an activating group) is 1. The van der Waals surface area contributed by atoms with Gasteiger partial charge in [0.2, 0.25) is 5.91 Å². The Morgan fingerprint density at radius 1 is 1.48 bits per heavy atom. The Hall–Kier alpha value is -2.09. The van der Waals surface area contributed by atoms with Crippen LogP contribution >= 0.6 is 0 Å². The molecule has 3 N–H and O–H groups in total. The predicted molar refractivity (Wildman–Crippen MR) is 78.8 cm³/mol. The van der Waals surface area contributed by atoms with E-state index < -0.39 is 0 Å². The van der Waals surface area contributed by atoms with E-state index in [0.29, 0.717) is 36.6 Å². The van der Waals surface area contributed by atoms with Crippen LogP contribution in [0.3, 0.4) is 0 Å². The summed E-state index contributed by atoms with van der Waals surface area (Å²) in [6, 6.07) is 0. The van der Waals surface area contributed by atoms with Gasteiger partial charge in [0.05, 0.1) is 24.5 Å². The smallest absolute Gasteiger partial charge is 0.274 e. The van der Waals surface area contributed by atoms with Crippen molar-refractivity contribution in [3.8, 4) is 0 Å². The zero-order chi connectivity index (χ0) is 16.0. The van der Waals surface area contributed by atoms with Gasteiger partial charge in [0.25, 0.3) is 5.91 Å². The fourth-order valence-electron chi connectivity index (χ4n) is 1.93. The number of carbonyl (C=O) groups is 2. The van der Waals surface area contributed by atoms with Crippen LogP contribution < -0.4 is 11.1 Å². The molecule has 8 heteroatoms. The molecule has 0 saturated heterocycles. The molecule has 118 valence electrons. The molecule has 1 heterocycles. The van der Waals surface area contributed by atoms with Gasteiger partial charge in [0, 0.05) is 27.7 Å². The first kappa shape index (κ1) is 17.0. The molecule has 0 aliphatic rings. The minimum Gasteiger partial charge on any atom is -0.395 e. The van der Waals surface area contributed by atoms with Crippen LogP contribution in [0.4, 0.5) is 5.69 Å². The molecule has 0 atom stereocenters. The first-order chi connectivity index (χ1) is 9.92. The fraction of sp³-hybridized carbons (Fsp3) is 0.615. The number of aromatic nitrogens is 2. The summed E-state index contributed by atoms with van der Waals surface area (Å²) in [4.78, 5) is 25.4. The molecule has 0 bridgehead atoms. The van der Waals surface area contributed by atoms with Crippen LogP contribution in [-0.4, -0.2) is 60.3 Å². The quantitative estimate of drug-likeness (QED) is 0.654. The zero-order valence-electron chi connectivity index (χ0n) is 13.0. The van der Waals surface area contributed by atoms with Crippen LogP contribution in [0.25, 0.3) is 0 Å². The average Bonchev–Trinajstić information content (AvgIpc) is 2.72. The van der Waals surface area contributed by atoms with Gasteiger partial charge in [-0.1, -0.05) is 6.92 Å². The van der Waals surface area contributed by atoms with Crippen LogP contribution in [0.15, 0.2) is 0 Å². The highest BCUT2D eigenvalue weighted by Crippen LogP contribution is 2.18. The van der Waals surface area contributed by atoms with Crippen LogP contribution in [-0.2, 0) is 23.0 Å². The van der Waals surface area contributed by atoms with E-state index in [4.69, 9.17) is 10.5 Å². The number of nitrogens with one attached hydrogen (secondary N) is 1. The highest BCUT2D eigenvalue weighted by Gasteiger charge is 2.23. The minimum absolute atomic E-state index is 0.0470. The number of methoxy groups -OCH3 is 1. The number of nitrogens with zero attached hydrogens (tertiary/aromatic N) is 3. The van der Waals surface area contributed by atoms with E-state index in [-0.39, 0.29) is 18.4 Å². The Balaban J connectivity index is 2.70. The molecule has 0 spiro atoms. The second kappa shape index (κ2) is 7.63. The molecule has 1 rings (SSSR count). The number of aryl methyl sites for hydroxylation is 2. The molecule has 1 aromatic rings. The number of anilines is 1. The van der Waals surface area contributed by atoms with E-state index in [0.717, 1.165) is 0 Å². The van der Waals surface area contributed by atoms with E-state index >= 15 is 0 Å². The van der Waals surface area contributed by atoms with Crippen LogP contribution in [0.5, 0.6) is 0 Å². The summed E-state index contributed by atoms with van der Waals surface area (Å²) in [5, 5.41) is 6.85. The SMILES string of the molecule is CCc1nn(C)c(C(=O)N(C)CC(=O)NCCOC)c1N. The third-order valence-corrected chi connectivity index (χ3v) is 3.05. The zero-order valence-corrected chi connectivity index (χ0v) is 13.0. The monoisotopic (exact) mass is 297 g/mol. The lowest BCUT2D eigenvalue weighted by molar-refractivity contribution is -0.121. The summed E-state index contributed by atoms with van der Waals surface area (Å²) in [5.74, 6) is -0.580. The Kier molecular flexibility index (Phi) is 6.16. The van der Waals surface area contributed by atoms with Crippen molar-refractivity contribution >= 4 is 17.5 Å². The van der Waals surface area contributed by atoms with Gasteiger partial charge in [-0.2, -0.15) is 5.10 Å². The molecule has 0 radical (unpaired) electrons. The molecule has 0 fully saturated rings. The van der Waals surface area contributed by atoms with Gasteiger partial charge in [0.15, 0.2) is 0 Å². The first-order valence-electron chi connectivity index (χ1n) is 6.74. The van der Waals surface area contributed by atoms with Gasteiger partial charge in [-0.25, -0.2) is 0 Å². The topological polar surface area (TPSA) is 102 Å². The fourth-order valence-corrected chi connectivity index (χ4v) is 1.93. The number of hydrogen-bond acceptors (Lipinski definition) is 5. The predicted octanol–water partition coefficient (Wildman–Crippen LogP) is -0.601. The molecular formula is C13H23N5O3. The number of hydrogen-bond donors (Lipinski definition) is 2. The Bertz CT molecular complexity index is 512. The van der Waals surface area contributed by atoms with Gasteiger partial charge in [0.1, 0.15) is 5.69 Å². The average molecular weight is 297 g/mol. The lowest BCUT2D eigenvalue weighted by Crippen LogP contribution is -2.40. The molecule has 0 unspecified atom stereocenters. The summed E-state index contributed by atoms with van der Waals surface area (Å²) in [5.41, 5.74) is 7.29. The molecule has 1 aromatic heterocycles. The van der Waals surface area contributed by atoms with Gasteiger partial charge < -0.3 is 20.7 Å². The van der Waals surface area contributed by atoms with Crippen molar-refractivity contribution in [3.63, 3.8) is 0 Å². The summed E-state index contributed by atoms with van der Waals surface area (Å²) in [6.07, 6.45) is 0.647. The Morgan fingerprint density at radius 2 is 2.14 bits per heavy atom. The van der Waals surface area contributed by atoms with E-state index in [2.05, 4.69) is 10.4 Å². The van der Waals surface area contributed by atoms with Gasteiger partial charge in [-0.3, -0.25) is 14.3 Å². The number of ether oxygens (including phenoxy) is 1. The molecule has 0 saturated carbocycles. The lowest BCUT2D eigenvalue weighted by Gasteiger charge is -2.17. The van der Waals surface area contributed by atoms with Crippen molar-refractivity contribution in [1.29, 1.82) is 0 Å². The van der Waals surface area contributed by atoms with E-state index in [9.17, 15) is 9.59 Å². The standard InChI is InChI=1S/C13H23N5O3/c1-5-9-11(14)12(18(3)16-9)13(20)17(2)8-10(19)15-6-7-21-4/h5-8,14H2,1-4H3,(H,15,19). The Morgan fingerprint density at radius 3 is 2.67 bits per heavy atom. The molecule has 2 amide bonds. The lowest BCUT2D eigenvalue weighted by atomic mass is 10.2. The van der Waals surface area contributed by atoms with Crippen molar-refractivity contribution in [3.05, 3.63) is 11.4 Å². The van der Waals surface area contributed by atoms with Gasteiger partial charge in [-0.15, -0.1) is 0 Å². The second-order valence-electron chi connectivity index (χ2n) is 4.69. The maximum absolute atomic E-state index is 12.4. The normalized spacial score (nSPS) is 10.5.